The summed E-state index contributed by atoms with van der Waals surface area (Å²) in [4.78, 5) is 25.4. The van der Waals surface area contributed by atoms with Crippen molar-refractivity contribution in [3.63, 3.8) is 0 Å². The van der Waals surface area contributed by atoms with Crippen molar-refractivity contribution in [2.24, 2.45) is 5.14 Å². The van der Waals surface area contributed by atoms with Crippen LogP contribution < -0.4 is 16.1 Å². The summed E-state index contributed by atoms with van der Waals surface area (Å²) in [5.41, 5.74) is 3.32. The number of benzene rings is 2. The van der Waals surface area contributed by atoms with Gasteiger partial charge in [0.05, 0.1) is 15.9 Å². The number of sulfonamides is 1. The highest BCUT2D eigenvalue weighted by Crippen LogP contribution is 2.19. The third kappa shape index (κ3) is 4.25. The lowest BCUT2D eigenvalue weighted by Crippen LogP contribution is -2.29. The largest absolute Gasteiger partial charge is 0.329 e. The topological polar surface area (TPSA) is 116 Å². The van der Waals surface area contributed by atoms with E-state index in [-0.39, 0.29) is 23.0 Å². The van der Waals surface area contributed by atoms with Gasteiger partial charge in [-0.25, -0.2) is 18.4 Å². The third-order valence-corrected chi connectivity index (χ3v) is 5.77. The number of carbonyl (C=O) groups excluding carboxylic acids is 1. The van der Waals surface area contributed by atoms with Gasteiger partial charge in [-0.05, 0) is 61.7 Å². The van der Waals surface area contributed by atoms with Crippen LogP contribution in [0.3, 0.4) is 0 Å². The Morgan fingerprint density at radius 3 is 2.38 bits per heavy atom. The van der Waals surface area contributed by atoms with E-state index in [4.69, 9.17) is 5.14 Å². The van der Waals surface area contributed by atoms with Gasteiger partial charge < -0.3 is 5.32 Å². The number of amides is 1. The highest BCUT2D eigenvalue weighted by Gasteiger charge is 2.18. The monoisotopic (exact) mass is 416 g/mol. The van der Waals surface area contributed by atoms with Gasteiger partial charge >= 0.3 is 5.69 Å². The van der Waals surface area contributed by atoms with E-state index in [9.17, 15) is 18.0 Å². The highest BCUT2D eigenvalue weighted by atomic mass is 32.2. The lowest BCUT2D eigenvalue weighted by molar-refractivity contribution is -0.116. The molecule has 0 bridgehead atoms. The van der Waals surface area contributed by atoms with Crippen LogP contribution in [0.4, 0.5) is 5.69 Å². The molecule has 29 heavy (non-hydrogen) atoms. The quantitative estimate of drug-likeness (QED) is 0.640. The molecule has 9 heteroatoms. The number of nitrogens with two attached hydrogens (primary N) is 1. The number of aromatic nitrogens is 2. The van der Waals surface area contributed by atoms with Crippen LogP contribution in [-0.2, 0) is 27.9 Å². The van der Waals surface area contributed by atoms with Gasteiger partial charge in [-0.3, -0.25) is 13.9 Å². The van der Waals surface area contributed by atoms with Gasteiger partial charge in [-0.1, -0.05) is 13.0 Å². The number of fused-ring (bicyclic) bond motifs is 1. The summed E-state index contributed by atoms with van der Waals surface area (Å²) in [6.45, 7) is 6.07. The van der Waals surface area contributed by atoms with E-state index < -0.39 is 10.0 Å². The Morgan fingerprint density at radius 2 is 1.76 bits per heavy atom. The summed E-state index contributed by atoms with van der Waals surface area (Å²) in [5, 5.41) is 8.02. The van der Waals surface area contributed by atoms with Crippen molar-refractivity contribution < 1.29 is 13.2 Å². The molecule has 8 nitrogen and oxygen atoms in total. The fourth-order valence-corrected chi connectivity index (χ4v) is 3.77. The third-order valence-electron chi connectivity index (χ3n) is 4.86. The van der Waals surface area contributed by atoms with Gasteiger partial charge in [0, 0.05) is 12.2 Å². The zero-order valence-corrected chi connectivity index (χ0v) is 17.4. The molecule has 3 rings (SSSR count). The normalized spacial score (nSPS) is 11.7. The SMILES string of the molecule is CCCn1c(=O)n(CC(=O)Nc2ccc(C)c(C)c2)c2cc(S(N)(=O)=O)ccc21. The first-order chi connectivity index (χ1) is 13.6. The van der Waals surface area contributed by atoms with Crippen molar-refractivity contribution in [1.82, 2.24) is 9.13 Å². The molecule has 2 aromatic carbocycles. The molecule has 0 saturated carbocycles. The van der Waals surface area contributed by atoms with Crippen LogP contribution in [0.25, 0.3) is 11.0 Å². The van der Waals surface area contributed by atoms with Gasteiger partial charge in [0.15, 0.2) is 0 Å². The first kappa shape index (κ1) is 20.8. The first-order valence-electron chi connectivity index (χ1n) is 9.25. The molecule has 0 radical (unpaired) electrons. The molecule has 1 heterocycles. The predicted molar refractivity (Wildman–Crippen MR) is 112 cm³/mol. The molecule has 3 aromatic rings. The Bertz CT molecular complexity index is 1260. The molecule has 0 aliphatic rings. The van der Waals surface area contributed by atoms with Gasteiger partial charge in [0.2, 0.25) is 15.9 Å². The molecule has 0 unspecified atom stereocenters. The van der Waals surface area contributed by atoms with E-state index in [1.807, 2.05) is 32.9 Å². The van der Waals surface area contributed by atoms with Crippen molar-refractivity contribution in [3.8, 4) is 0 Å². The molecule has 0 aliphatic carbocycles. The molecule has 0 fully saturated rings. The summed E-state index contributed by atoms with van der Waals surface area (Å²) in [7, 11) is -3.94. The minimum absolute atomic E-state index is 0.109. The van der Waals surface area contributed by atoms with E-state index in [0.717, 1.165) is 11.1 Å². The average molecular weight is 417 g/mol. The fraction of sp³-hybridized carbons (Fsp3) is 0.300. The first-order valence-corrected chi connectivity index (χ1v) is 10.8. The number of primary sulfonamides is 1. The lowest BCUT2D eigenvalue weighted by atomic mass is 10.1. The van der Waals surface area contributed by atoms with Crippen LogP contribution in [0.5, 0.6) is 0 Å². The highest BCUT2D eigenvalue weighted by molar-refractivity contribution is 7.89. The predicted octanol–water partition coefficient (Wildman–Crippen LogP) is 2.12. The molecular weight excluding hydrogens is 392 g/mol. The lowest BCUT2D eigenvalue weighted by Gasteiger charge is -2.08. The molecule has 0 aliphatic heterocycles. The maximum atomic E-state index is 12.9. The number of carbonyl (C=O) groups is 1. The molecular formula is C20H24N4O4S. The van der Waals surface area contributed by atoms with Crippen molar-refractivity contribution >= 4 is 32.7 Å². The summed E-state index contributed by atoms with van der Waals surface area (Å²) in [6.07, 6.45) is 0.713. The minimum atomic E-state index is -3.94. The van der Waals surface area contributed by atoms with Crippen LogP contribution in [0.15, 0.2) is 46.1 Å². The Kier molecular flexibility index (Phi) is 5.63. The van der Waals surface area contributed by atoms with Crippen LogP contribution in [0, 0.1) is 13.8 Å². The number of anilines is 1. The number of hydrogen-bond acceptors (Lipinski definition) is 4. The second-order valence-electron chi connectivity index (χ2n) is 7.06. The number of nitrogens with one attached hydrogen (secondary N) is 1. The van der Waals surface area contributed by atoms with Crippen molar-refractivity contribution in [2.75, 3.05) is 5.32 Å². The van der Waals surface area contributed by atoms with E-state index in [1.165, 1.54) is 21.3 Å². The van der Waals surface area contributed by atoms with Crippen molar-refractivity contribution in [1.29, 1.82) is 0 Å². The van der Waals surface area contributed by atoms with Gasteiger partial charge in [0.1, 0.15) is 6.54 Å². The van der Waals surface area contributed by atoms with Crippen molar-refractivity contribution in [3.05, 3.63) is 58.0 Å². The summed E-state index contributed by atoms with van der Waals surface area (Å²) >= 11 is 0. The molecule has 1 amide bonds. The zero-order valence-electron chi connectivity index (χ0n) is 16.6. The van der Waals surface area contributed by atoms with Gasteiger partial charge in [0.25, 0.3) is 0 Å². The summed E-state index contributed by atoms with van der Waals surface area (Å²) < 4.78 is 26.3. The molecule has 1 aromatic heterocycles. The van der Waals surface area contributed by atoms with E-state index in [2.05, 4.69) is 5.32 Å². The summed E-state index contributed by atoms with van der Waals surface area (Å²) in [6, 6.07) is 9.80. The Hall–Kier alpha value is -2.91. The van der Waals surface area contributed by atoms with Crippen LogP contribution in [-0.4, -0.2) is 23.5 Å². The Balaban J connectivity index is 2.02. The Morgan fingerprint density at radius 1 is 1.03 bits per heavy atom. The van der Waals surface area contributed by atoms with E-state index in [1.54, 1.807) is 12.1 Å². The summed E-state index contributed by atoms with van der Waals surface area (Å²) in [5.74, 6) is -0.382. The van der Waals surface area contributed by atoms with Crippen LogP contribution in [0.1, 0.15) is 24.5 Å². The van der Waals surface area contributed by atoms with Gasteiger partial charge in [-0.15, -0.1) is 0 Å². The van der Waals surface area contributed by atoms with Crippen LogP contribution in [0.2, 0.25) is 0 Å². The molecule has 0 spiro atoms. The number of rotatable bonds is 6. The second-order valence-corrected chi connectivity index (χ2v) is 8.62. The van der Waals surface area contributed by atoms with Crippen LogP contribution >= 0.6 is 0 Å². The molecule has 0 saturated heterocycles. The van der Waals surface area contributed by atoms with Gasteiger partial charge in [-0.2, -0.15) is 0 Å². The maximum Gasteiger partial charge on any atom is 0.329 e. The molecule has 3 N–H and O–H groups in total. The smallest absolute Gasteiger partial charge is 0.325 e. The maximum absolute atomic E-state index is 12.9. The van der Waals surface area contributed by atoms with Crippen molar-refractivity contribution in [2.45, 2.75) is 45.2 Å². The molecule has 154 valence electrons. The minimum Gasteiger partial charge on any atom is -0.325 e. The molecule has 0 atom stereocenters. The standard InChI is InChI=1S/C20H24N4O4S/c1-4-9-23-17-8-7-16(29(21,27)28)11-18(17)24(20(23)26)12-19(25)22-15-6-5-13(2)14(3)10-15/h5-8,10-11H,4,9,12H2,1-3H3,(H,22,25)(H2,21,27,28). The second kappa shape index (κ2) is 7.84. The Labute approximate surface area is 169 Å². The zero-order chi connectivity index (χ0) is 21.3. The number of hydrogen-bond donors (Lipinski definition) is 2. The average Bonchev–Trinajstić information content (AvgIpc) is 2.89. The van der Waals surface area contributed by atoms with E-state index >= 15 is 0 Å². The van der Waals surface area contributed by atoms with E-state index in [0.29, 0.717) is 29.7 Å². The number of nitrogens with zero attached hydrogens (tertiary/aromatic N) is 2. The number of imidazole rings is 1. The fourth-order valence-electron chi connectivity index (χ4n) is 3.23. The number of aryl methyl sites for hydroxylation is 3.